The quantitative estimate of drug-likeness (QED) is 0.609. The molecule has 0 saturated heterocycles. The van der Waals surface area contributed by atoms with Crippen LogP contribution in [0, 0.1) is 11.8 Å². The number of thiazole rings is 1. The van der Waals surface area contributed by atoms with Crippen LogP contribution in [0.4, 0.5) is 5.13 Å². The summed E-state index contributed by atoms with van der Waals surface area (Å²) in [6, 6.07) is 5.63. The largest absolute Gasteiger partial charge is 0.470 e. The van der Waals surface area contributed by atoms with Gasteiger partial charge in [0.25, 0.3) is 5.91 Å². The molecular formula is C17H21N3O2S2. The van der Waals surface area contributed by atoms with Crippen LogP contribution in [0.1, 0.15) is 20.8 Å². The Morgan fingerprint density at radius 2 is 2.21 bits per heavy atom. The van der Waals surface area contributed by atoms with Crippen molar-refractivity contribution in [1.82, 2.24) is 10.3 Å². The summed E-state index contributed by atoms with van der Waals surface area (Å²) in [6.07, 6.45) is 1.84. The minimum Gasteiger partial charge on any atom is -0.470 e. The zero-order valence-electron chi connectivity index (χ0n) is 14.4. The molecule has 24 heavy (non-hydrogen) atoms. The van der Waals surface area contributed by atoms with Crippen LogP contribution in [0.2, 0.25) is 0 Å². The summed E-state index contributed by atoms with van der Waals surface area (Å²) in [5, 5.41) is 6.78. The van der Waals surface area contributed by atoms with Crippen molar-refractivity contribution in [3.8, 4) is 17.6 Å². The molecule has 2 N–H and O–H groups in total. The molecule has 1 amide bonds. The maximum absolute atomic E-state index is 12.4. The number of aromatic nitrogens is 1. The predicted molar refractivity (Wildman–Crippen MR) is 103 cm³/mol. The van der Waals surface area contributed by atoms with E-state index in [2.05, 4.69) is 27.5 Å². The molecule has 0 saturated carbocycles. The van der Waals surface area contributed by atoms with E-state index in [1.807, 2.05) is 45.4 Å². The monoisotopic (exact) mass is 363 g/mol. The lowest BCUT2D eigenvalue weighted by Gasteiger charge is -2.23. The Morgan fingerprint density at radius 1 is 1.46 bits per heavy atom. The number of fused-ring (bicyclic) bond motifs is 1. The van der Waals surface area contributed by atoms with E-state index in [0.29, 0.717) is 5.75 Å². The number of ether oxygens (including phenoxy) is 1. The van der Waals surface area contributed by atoms with Gasteiger partial charge in [-0.15, -0.1) is 17.7 Å². The second-order valence-corrected chi connectivity index (χ2v) is 7.50. The van der Waals surface area contributed by atoms with Crippen LogP contribution in [-0.2, 0) is 4.79 Å². The number of carbonyl (C=O) groups excluding carboxylic acids is 1. The lowest BCUT2D eigenvalue weighted by atomic mass is 10.1. The highest BCUT2D eigenvalue weighted by atomic mass is 32.2. The fraction of sp³-hybridized carbons (Fsp3) is 0.412. The highest BCUT2D eigenvalue weighted by Crippen LogP contribution is 2.30. The van der Waals surface area contributed by atoms with Gasteiger partial charge in [-0.3, -0.25) is 4.79 Å². The van der Waals surface area contributed by atoms with E-state index in [-0.39, 0.29) is 5.91 Å². The van der Waals surface area contributed by atoms with Gasteiger partial charge >= 0.3 is 0 Å². The summed E-state index contributed by atoms with van der Waals surface area (Å²) in [7, 11) is 1.84. The Kier molecular flexibility index (Phi) is 5.97. The van der Waals surface area contributed by atoms with E-state index in [9.17, 15) is 4.79 Å². The lowest BCUT2D eigenvalue weighted by Crippen LogP contribution is -2.47. The lowest BCUT2D eigenvalue weighted by molar-refractivity contribution is -0.125. The van der Waals surface area contributed by atoms with Gasteiger partial charge in [0.15, 0.2) is 5.13 Å². The third-order valence-electron chi connectivity index (χ3n) is 3.12. The summed E-state index contributed by atoms with van der Waals surface area (Å²) in [6.45, 7) is 5.48. The normalized spacial score (nSPS) is 12.2. The minimum atomic E-state index is -0.642. The molecule has 7 heteroatoms. The fourth-order valence-corrected chi connectivity index (χ4v) is 3.46. The molecule has 0 aliphatic heterocycles. The van der Waals surface area contributed by atoms with Crippen LogP contribution in [0.15, 0.2) is 18.2 Å². The number of hydrogen-bond donors (Lipinski definition) is 2. The molecular weight excluding hydrogens is 342 g/mol. The van der Waals surface area contributed by atoms with E-state index >= 15 is 0 Å². The average Bonchev–Trinajstić information content (AvgIpc) is 2.94. The van der Waals surface area contributed by atoms with Crippen molar-refractivity contribution in [2.75, 3.05) is 18.6 Å². The molecule has 0 spiro atoms. The number of nitrogens with one attached hydrogen (secondary N) is 2. The molecule has 0 fully saturated rings. The van der Waals surface area contributed by atoms with Gasteiger partial charge in [-0.25, -0.2) is 4.98 Å². The Morgan fingerprint density at radius 3 is 2.83 bits per heavy atom. The average molecular weight is 364 g/mol. The van der Waals surface area contributed by atoms with Crippen molar-refractivity contribution in [2.45, 2.75) is 31.7 Å². The van der Waals surface area contributed by atoms with E-state index in [0.717, 1.165) is 15.3 Å². The first-order chi connectivity index (χ1) is 11.4. The Balaban J connectivity index is 2.14. The first-order valence-corrected chi connectivity index (χ1v) is 9.52. The molecule has 1 aromatic heterocycles. The summed E-state index contributed by atoms with van der Waals surface area (Å²) < 4.78 is 6.87. The molecule has 2 aromatic rings. The van der Waals surface area contributed by atoms with Crippen molar-refractivity contribution < 1.29 is 9.53 Å². The van der Waals surface area contributed by atoms with E-state index in [4.69, 9.17) is 4.74 Å². The van der Waals surface area contributed by atoms with E-state index < -0.39 is 11.0 Å². The molecule has 0 radical (unpaired) electrons. The fourth-order valence-electron chi connectivity index (χ4n) is 2.13. The smallest absolute Gasteiger partial charge is 0.272 e. The molecule has 1 aromatic carbocycles. The molecule has 5 nitrogen and oxygen atoms in total. The van der Waals surface area contributed by atoms with Crippen LogP contribution in [-0.4, -0.2) is 35.2 Å². The maximum Gasteiger partial charge on any atom is 0.272 e. The van der Waals surface area contributed by atoms with Gasteiger partial charge in [0, 0.05) is 7.05 Å². The highest BCUT2D eigenvalue weighted by molar-refractivity contribution is 7.99. The van der Waals surface area contributed by atoms with Gasteiger partial charge in [-0.1, -0.05) is 17.3 Å². The third kappa shape index (κ3) is 4.56. The van der Waals surface area contributed by atoms with Crippen LogP contribution in [0.5, 0.6) is 5.75 Å². The number of carbonyl (C=O) groups is 1. The standard InChI is InChI=1S/C17H21N3O2S2/c1-6-9-17(2,3)20-14(21)15(23-5)22-11-7-8-12-13(10-11)24-16(18-4)19-12/h7-8,10,15H,1-5H3,(H,18,19)(H,20,21). The van der Waals surface area contributed by atoms with Gasteiger partial charge < -0.3 is 15.4 Å². The van der Waals surface area contributed by atoms with Gasteiger partial charge in [0.2, 0.25) is 5.44 Å². The second kappa shape index (κ2) is 7.77. The zero-order valence-corrected chi connectivity index (χ0v) is 16.0. The van der Waals surface area contributed by atoms with Gasteiger partial charge in [0.1, 0.15) is 5.75 Å². The van der Waals surface area contributed by atoms with Crippen molar-refractivity contribution in [1.29, 1.82) is 0 Å². The number of thioether (sulfide) groups is 1. The summed E-state index contributed by atoms with van der Waals surface area (Å²) >= 11 is 2.88. The summed E-state index contributed by atoms with van der Waals surface area (Å²) in [4.78, 5) is 16.9. The van der Waals surface area contributed by atoms with Crippen LogP contribution >= 0.6 is 23.1 Å². The zero-order chi connectivity index (χ0) is 17.7. The minimum absolute atomic E-state index is 0.199. The Labute approximate surface area is 150 Å². The summed E-state index contributed by atoms with van der Waals surface area (Å²) in [5.74, 6) is 6.24. The van der Waals surface area contributed by atoms with Crippen molar-refractivity contribution in [3.05, 3.63) is 18.2 Å². The van der Waals surface area contributed by atoms with Crippen LogP contribution < -0.4 is 15.4 Å². The Hall–Kier alpha value is -1.91. The highest BCUT2D eigenvalue weighted by Gasteiger charge is 2.25. The maximum atomic E-state index is 12.4. The van der Waals surface area contributed by atoms with Gasteiger partial charge in [-0.05, 0) is 45.2 Å². The SMILES string of the molecule is CC#CC(C)(C)NC(=O)C(Oc1ccc2nc(NC)sc2c1)SC. The number of nitrogens with zero attached hydrogens (tertiary/aromatic N) is 1. The predicted octanol–water partition coefficient (Wildman–Crippen LogP) is 3.32. The number of amides is 1. The molecule has 1 heterocycles. The van der Waals surface area contributed by atoms with Crippen LogP contribution in [0.25, 0.3) is 10.2 Å². The third-order valence-corrected chi connectivity index (χ3v) is 4.89. The Bertz CT molecular complexity index is 790. The first-order valence-electron chi connectivity index (χ1n) is 7.42. The van der Waals surface area contributed by atoms with E-state index in [1.54, 1.807) is 18.3 Å². The number of anilines is 1. The molecule has 0 aliphatic carbocycles. The molecule has 1 unspecified atom stereocenters. The van der Waals surface area contributed by atoms with Crippen molar-refractivity contribution >= 4 is 44.4 Å². The molecule has 2 rings (SSSR count). The van der Waals surface area contributed by atoms with Crippen LogP contribution in [0.3, 0.4) is 0 Å². The van der Waals surface area contributed by atoms with Gasteiger partial charge in [0.05, 0.1) is 15.8 Å². The number of benzene rings is 1. The van der Waals surface area contributed by atoms with E-state index in [1.165, 1.54) is 11.8 Å². The number of hydrogen-bond acceptors (Lipinski definition) is 6. The molecule has 1 atom stereocenters. The van der Waals surface area contributed by atoms with Gasteiger partial charge in [-0.2, -0.15) is 0 Å². The topological polar surface area (TPSA) is 63.2 Å². The van der Waals surface area contributed by atoms with Crippen molar-refractivity contribution in [3.63, 3.8) is 0 Å². The summed E-state index contributed by atoms with van der Waals surface area (Å²) in [5.41, 5.74) is -0.328. The molecule has 0 bridgehead atoms. The first kappa shape index (κ1) is 18.4. The second-order valence-electron chi connectivity index (χ2n) is 5.57. The van der Waals surface area contributed by atoms with Crippen molar-refractivity contribution in [2.24, 2.45) is 0 Å². The molecule has 0 aliphatic rings. The number of rotatable bonds is 6. The molecule has 128 valence electrons.